The highest BCUT2D eigenvalue weighted by molar-refractivity contribution is 4.15. The molecule has 0 saturated heterocycles. The van der Waals surface area contributed by atoms with E-state index in [1.165, 1.54) is 0 Å². The lowest BCUT2D eigenvalue weighted by molar-refractivity contribution is 0.138. The molecule has 0 aliphatic heterocycles. The van der Waals surface area contributed by atoms with Gasteiger partial charge in [0.05, 0.1) is 6.61 Å². The summed E-state index contributed by atoms with van der Waals surface area (Å²) in [5.41, 5.74) is 0. The molecule has 0 fully saturated rings. The van der Waals surface area contributed by atoms with Crippen LogP contribution in [0.1, 0.15) is 41.5 Å². The number of nitrogens with two attached hydrogens (primary N) is 1. The number of methoxy groups -OCH3 is 1. The Morgan fingerprint density at radius 2 is 1.42 bits per heavy atom. The number of hydrogen-bond donors (Lipinski definition) is 1. The standard InChI is InChI=1S/C4H10O.C3H9NO.2CH4/c1-3-4-5-2;1-2-3-5-4;;/h3-4H2,1-2H3;2-4H2,1H3;2*1H4. The zero-order valence-corrected chi connectivity index (χ0v) is 7.22. The Kier molecular flexibility index (Phi) is 58.0. The highest BCUT2D eigenvalue weighted by atomic mass is 16.6. The lowest BCUT2D eigenvalue weighted by atomic mass is 10.5. The van der Waals surface area contributed by atoms with Crippen molar-refractivity contribution in [3.8, 4) is 0 Å². The molecule has 0 radical (unpaired) electrons. The molecule has 0 unspecified atom stereocenters. The van der Waals surface area contributed by atoms with E-state index in [-0.39, 0.29) is 14.9 Å². The van der Waals surface area contributed by atoms with Crippen LogP contribution in [0.25, 0.3) is 0 Å². The Balaban J connectivity index is -0.0000000457. The minimum absolute atomic E-state index is 0. The van der Waals surface area contributed by atoms with Gasteiger partial charge >= 0.3 is 0 Å². The van der Waals surface area contributed by atoms with Crippen molar-refractivity contribution in [1.82, 2.24) is 0 Å². The molecule has 0 heterocycles. The zero-order chi connectivity index (χ0) is 8.24. The minimum Gasteiger partial charge on any atom is -0.385 e. The smallest absolute Gasteiger partial charge is 0.0676 e. The van der Waals surface area contributed by atoms with Crippen molar-refractivity contribution in [3.63, 3.8) is 0 Å². The van der Waals surface area contributed by atoms with Gasteiger partial charge in [0.2, 0.25) is 0 Å². The highest BCUT2D eigenvalue weighted by Gasteiger charge is 1.67. The maximum atomic E-state index is 4.69. The second kappa shape index (κ2) is 30.7. The van der Waals surface area contributed by atoms with E-state index in [1.807, 2.05) is 6.92 Å². The summed E-state index contributed by atoms with van der Waals surface area (Å²) in [6.45, 7) is 5.65. The Labute approximate surface area is 78.2 Å². The molecule has 0 aromatic carbocycles. The van der Waals surface area contributed by atoms with Crippen molar-refractivity contribution in [2.45, 2.75) is 41.5 Å². The van der Waals surface area contributed by atoms with Crippen molar-refractivity contribution in [2.75, 3.05) is 20.3 Å². The molecule has 80 valence electrons. The molecular weight excluding hydrogens is 154 g/mol. The van der Waals surface area contributed by atoms with E-state index in [9.17, 15) is 0 Å². The van der Waals surface area contributed by atoms with Crippen molar-refractivity contribution in [1.29, 1.82) is 0 Å². The SMILES string of the molecule is C.C.CCCOC.CCCON. The molecule has 0 aromatic heterocycles. The Morgan fingerprint density at radius 3 is 1.42 bits per heavy atom. The first-order valence-electron chi connectivity index (χ1n) is 3.64. The van der Waals surface area contributed by atoms with Crippen LogP contribution in [0, 0.1) is 0 Å². The second-order valence-electron chi connectivity index (χ2n) is 1.86. The van der Waals surface area contributed by atoms with E-state index in [0.717, 1.165) is 19.4 Å². The van der Waals surface area contributed by atoms with Gasteiger partial charge in [0, 0.05) is 13.7 Å². The molecule has 3 nitrogen and oxygen atoms in total. The van der Waals surface area contributed by atoms with Crippen LogP contribution in [-0.4, -0.2) is 20.3 Å². The van der Waals surface area contributed by atoms with Gasteiger partial charge in [-0.15, -0.1) is 0 Å². The van der Waals surface area contributed by atoms with Crippen LogP contribution in [0.2, 0.25) is 0 Å². The molecule has 0 rings (SSSR count). The monoisotopic (exact) mass is 181 g/mol. The average molecular weight is 181 g/mol. The summed E-state index contributed by atoms with van der Waals surface area (Å²) >= 11 is 0. The van der Waals surface area contributed by atoms with E-state index in [2.05, 4.69) is 17.7 Å². The van der Waals surface area contributed by atoms with Gasteiger partial charge < -0.3 is 9.57 Å². The van der Waals surface area contributed by atoms with Crippen LogP contribution in [-0.2, 0) is 9.57 Å². The van der Waals surface area contributed by atoms with Gasteiger partial charge in [-0.2, -0.15) is 0 Å². The molecule has 12 heavy (non-hydrogen) atoms. The van der Waals surface area contributed by atoms with Gasteiger partial charge in [-0.3, -0.25) is 0 Å². The highest BCUT2D eigenvalue weighted by Crippen LogP contribution is 1.70. The molecule has 0 amide bonds. The third kappa shape index (κ3) is 51.8. The lowest BCUT2D eigenvalue weighted by Crippen LogP contribution is -1.97. The number of rotatable bonds is 4. The van der Waals surface area contributed by atoms with E-state index in [1.54, 1.807) is 7.11 Å². The summed E-state index contributed by atoms with van der Waals surface area (Å²) in [6, 6.07) is 0. The second-order valence-corrected chi connectivity index (χ2v) is 1.86. The van der Waals surface area contributed by atoms with E-state index >= 15 is 0 Å². The first-order chi connectivity index (χ1) is 4.83. The first kappa shape index (κ1) is 22.6. The molecule has 2 N–H and O–H groups in total. The Hall–Kier alpha value is -0.120. The van der Waals surface area contributed by atoms with Crippen molar-refractivity contribution >= 4 is 0 Å². The van der Waals surface area contributed by atoms with E-state index in [0.29, 0.717) is 6.61 Å². The topological polar surface area (TPSA) is 44.5 Å². The molecule has 3 heteroatoms. The van der Waals surface area contributed by atoms with Crippen molar-refractivity contribution in [2.24, 2.45) is 5.90 Å². The summed E-state index contributed by atoms with van der Waals surface area (Å²) in [6.07, 6.45) is 2.12. The molecule has 0 aliphatic rings. The summed E-state index contributed by atoms with van der Waals surface area (Å²) < 4.78 is 4.69. The maximum absolute atomic E-state index is 4.69. The summed E-state index contributed by atoms with van der Waals surface area (Å²) in [7, 11) is 1.71. The number of hydrogen-bond acceptors (Lipinski definition) is 3. The van der Waals surface area contributed by atoms with Crippen LogP contribution in [0.15, 0.2) is 0 Å². The van der Waals surface area contributed by atoms with Gasteiger partial charge in [-0.1, -0.05) is 28.7 Å². The fourth-order valence-corrected chi connectivity index (χ4v) is 0.322. The van der Waals surface area contributed by atoms with Gasteiger partial charge in [-0.25, -0.2) is 5.90 Å². The zero-order valence-electron chi connectivity index (χ0n) is 7.22. The number of ether oxygens (including phenoxy) is 1. The molecule has 0 saturated carbocycles. The Morgan fingerprint density at radius 1 is 1.00 bits per heavy atom. The lowest BCUT2D eigenvalue weighted by Gasteiger charge is -1.84. The van der Waals surface area contributed by atoms with Crippen molar-refractivity contribution < 1.29 is 9.57 Å². The molecule has 0 aromatic rings. The molecule has 0 aliphatic carbocycles. The Bertz CT molecular complexity index is 33.5. The van der Waals surface area contributed by atoms with Crippen LogP contribution in [0.4, 0.5) is 0 Å². The van der Waals surface area contributed by atoms with Gasteiger partial charge in [0.1, 0.15) is 0 Å². The summed E-state index contributed by atoms with van der Waals surface area (Å²) in [5, 5.41) is 0. The van der Waals surface area contributed by atoms with E-state index in [4.69, 9.17) is 4.74 Å². The van der Waals surface area contributed by atoms with Gasteiger partial charge in [0.15, 0.2) is 0 Å². The summed E-state index contributed by atoms with van der Waals surface area (Å²) in [5.74, 6) is 4.64. The molecule has 0 atom stereocenters. The third-order valence-corrected chi connectivity index (χ3v) is 0.730. The van der Waals surface area contributed by atoms with Crippen LogP contribution in [0.5, 0.6) is 0 Å². The molecule has 0 spiro atoms. The third-order valence-electron chi connectivity index (χ3n) is 0.730. The predicted octanol–water partition coefficient (Wildman–Crippen LogP) is 2.60. The summed E-state index contributed by atoms with van der Waals surface area (Å²) in [4.78, 5) is 4.19. The predicted molar refractivity (Wildman–Crippen MR) is 56.1 cm³/mol. The fourth-order valence-electron chi connectivity index (χ4n) is 0.322. The van der Waals surface area contributed by atoms with Crippen LogP contribution < -0.4 is 5.90 Å². The van der Waals surface area contributed by atoms with Crippen LogP contribution in [0.3, 0.4) is 0 Å². The van der Waals surface area contributed by atoms with E-state index < -0.39 is 0 Å². The average Bonchev–Trinajstić information content (AvgIpc) is 1.93. The van der Waals surface area contributed by atoms with Crippen LogP contribution >= 0.6 is 0 Å². The normalized spacial score (nSPS) is 7.00. The van der Waals surface area contributed by atoms with Crippen molar-refractivity contribution in [3.05, 3.63) is 0 Å². The minimum atomic E-state index is 0. The first-order valence-corrected chi connectivity index (χ1v) is 3.64. The van der Waals surface area contributed by atoms with Gasteiger partial charge in [0.25, 0.3) is 0 Å². The fraction of sp³-hybridized carbons (Fsp3) is 1.00. The molecular formula is C9H27NO2. The largest absolute Gasteiger partial charge is 0.385 e. The molecule has 0 bridgehead atoms. The maximum Gasteiger partial charge on any atom is 0.0676 e. The quantitative estimate of drug-likeness (QED) is 0.678. The van der Waals surface area contributed by atoms with Gasteiger partial charge in [-0.05, 0) is 12.8 Å².